The predicted molar refractivity (Wildman–Crippen MR) is 79.2 cm³/mol. The first kappa shape index (κ1) is 15.9. The van der Waals surface area contributed by atoms with Crippen LogP contribution in [0.2, 0.25) is 0 Å². The lowest BCUT2D eigenvalue weighted by molar-refractivity contribution is -0.124. The molecule has 1 aliphatic heterocycles. The molecule has 4 atom stereocenters. The molecule has 0 radical (unpaired) electrons. The van der Waals surface area contributed by atoms with Crippen molar-refractivity contribution < 1.29 is 14.3 Å². The van der Waals surface area contributed by atoms with E-state index in [0.717, 1.165) is 13.0 Å². The van der Waals surface area contributed by atoms with E-state index in [-0.39, 0.29) is 24.4 Å². The van der Waals surface area contributed by atoms with E-state index in [2.05, 4.69) is 17.6 Å². The number of nitrogens with one attached hydrogen (secondary N) is 2. The maximum atomic E-state index is 13.1. The molecule has 1 saturated heterocycles. The average molecular weight is 294 g/mol. The fraction of sp³-hybridized carbons (Fsp3) is 0.562. The number of hydrogen-bond donors (Lipinski definition) is 3. The van der Waals surface area contributed by atoms with E-state index in [4.69, 9.17) is 0 Å². The van der Waals surface area contributed by atoms with E-state index in [1.807, 2.05) is 6.92 Å². The minimum Gasteiger partial charge on any atom is -0.388 e. The molecule has 5 heteroatoms. The van der Waals surface area contributed by atoms with Gasteiger partial charge in [-0.1, -0.05) is 19.1 Å². The SMILES string of the molecule is C[C@@H]1CCN[C@H](C)[C@@H]1NC(=O)C[C@H](O)c1cccc(F)c1. The molecular formula is C16H23FN2O2. The third-order valence-electron chi connectivity index (χ3n) is 4.16. The molecule has 0 saturated carbocycles. The van der Waals surface area contributed by atoms with Crippen LogP contribution in [0.15, 0.2) is 24.3 Å². The molecule has 1 aromatic rings. The van der Waals surface area contributed by atoms with Gasteiger partial charge >= 0.3 is 0 Å². The zero-order valence-electron chi connectivity index (χ0n) is 12.5. The molecule has 116 valence electrons. The van der Waals surface area contributed by atoms with E-state index < -0.39 is 11.9 Å². The average Bonchev–Trinajstić information content (AvgIpc) is 2.43. The van der Waals surface area contributed by atoms with Gasteiger partial charge in [0.15, 0.2) is 0 Å². The van der Waals surface area contributed by atoms with E-state index >= 15 is 0 Å². The second-order valence-electron chi connectivity index (χ2n) is 5.88. The van der Waals surface area contributed by atoms with Crippen molar-refractivity contribution >= 4 is 5.91 Å². The Hall–Kier alpha value is -1.46. The van der Waals surface area contributed by atoms with Crippen molar-refractivity contribution in [3.63, 3.8) is 0 Å². The van der Waals surface area contributed by atoms with Crippen LogP contribution in [0.1, 0.15) is 38.4 Å². The standard InChI is InChI=1S/C16H23FN2O2/c1-10-6-7-18-11(2)16(10)19-15(21)9-14(20)12-4-3-5-13(17)8-12/h3-5,8,10-11,14,16,18,20H,6-7,9H2,1-2H3,(H,19,21)/t10-,11-,14+,16-/m1/s1. The molecule has 1 fully saturated rings. The molecule has 4 nitrogen and oxygen atoms in total. The number of carbonyl (C=O) groups excluding carboxylic acids is 1. The molecule has 0 aliphatic carbocycles. The van der Waals surface area contributed by atoms with Crippen molar-refractivity contribution in [3.8, 4) is 0 Å². The first-order chi connectivity index (χ1) is 9.97. The van der Waals surface area contributed by atoms with Crippen molar-refractivity contribution in [1.29, 1.82) is 0 Å². The summed E-state index contributed by atoms with van der Waals surface area (Å²) in [6.07, 6.45) is -0.0240. The Kier molecular flexibility index (Phi) is 5.31. The molecular weight excluding hydrogens is 271 g/mol. The second kappa shape index (κ2) is 7.00. The number of halogens is 1. The largest absolute Gasteiger partial charge is 0.388 e. The van der Waals surface area contributed by atoms with E-state index in [9.17, 15) is 14.3 Å². The van der Waals surface area contributed by atoms with Gasteiger partial charge in [0.05, 0.1) is 12.5 Å². The predicted octanol–water partition coefficient (Wildman–Crippen LogP) is 1.75. The number of aliphatic hydroxyl groups is 1. The zero-order valence-corrected chi connectivity index (χ0v) is 12.5. The lowest BCUT2D eigenvalue weighted by Crippen LogP contribution is -2.56. The highest BCUT2D eigenvalue weighted by Gasteiger charge is 2.29. The summed E-state index contributed by atoms with van der Waals surface area (Å²) in [5, 5.41) is 16.3. The number of hydrogen-bond acceptors (Lipinski definition) is 3. The summed E-state index contributed by atoms with van der Waals surface area (Å²) in [4.78, 5) is 12.1. The number of piperidine rings is 1. The molecule has 21 heavy (non-hydrogen) atoms. The number of benzene rings is 1. The van der Waals surface area contributed by atoms with Crippen molar-refractivity contribution in [2.24, 2.45) is 5.92 Å². The molecule has 1 amide bonds. The Morgan fingerprint density at radius 2 is 2.29 bits per heavy atom. The normalized spacial score (nSPS) is 27.1. The van der Waals surface area contributed by atoms with Gasteiger partial charge in [-0.2, -0.15) is 0 Å². The number of rotatable bonds is 4. The van der Waals surface area contributed by atoms with Gasteiger partial charge in [0.2, 0.25) is 5.91 Å². The third kappa shape index (κ3) is 4.25. The topological polar surface area (TPSA) is 61.4 Å². The van der Waals surface area contributed by atoms with Crippen LogP contribution in [-0.4, -0.2) is 29.6 Å². The fourth-order valence-corrected chi connectivity index (χ4v) is 2.86. The van der Waals surface area contributed by atoms with Gasteiger partial charge in [-0.25, -0.2) is 4.39 Å². The molecule has 1 aromatic carbocycles. The maximum Gasteiger partial charge on any atom is 0.223 e. The van der Waals surface area contributed by atoms with Crippen LogP contribution in [0.5, 0.6) is 0 Å². The Labute approximate surface area is 124 Å². The molecule has 1 aliphatic rings. The lowest BCUT2D eigenvalue weighted by atomic mass is 9.89. The van der Waals surface area contributed by atoms with Gasteiger partial charge in [-0.15, -0.1) is 0 Å². The van der Waals surface area contributed by atoms with Crippen molar-refractivity contribution in [1.82, 2.24) is 10.6 Å². The van der Waals surface area contributed by atoms with E-state index in [1.165, 1.54) is 18.2 Å². The highest BCUT2D eigenvalue weighted by Crippen LogP contribution is 2.19. The highest BCUT2D eigenvalue weighted by molar-refractivity contribution is 5.77. The minimum atomic E-state index is -0.983. The number of aliphatic hydroxyl groups excluding tert-OH is 1. The van der Waals surface area contributed by atoms with Gasteiger partial charge in [-0.3, -0.25) is 4.79 Å². The first-order valence-electron chi connectivity index (χ1n) is 7.43. The quantitative estimate of drug-likeness (QED) is 0.793. The van der Waals surface area contributed by atoms with Gasteiger partial charge in [0.1, 0.15) is 5.82 Å². The summed E-state index contributed by atoms with van der Waals surface area (Å²) >= 11 is 0. The van der Waals surface area contributed by atoms with Crippen LogP contribution >= 0.6 is 0 Å². The smallest absolute Gasteiger partial charge is 0.223 e. The van der Waals surface area contributed by atoms with Crippen LogP contribution in [-0.2, 0) is 4.79 Å². The minimum absolute atomic E-state index is 0.0562. The van der Waals surface area contributed by atoms with Crippen LogP contribution in [0, 0.1) is 11.7 Å². The fourth-order valence-electron chi connectivity index (χ4n) is 2.86. The zero-order chi connectivity index (χ0) is 15.4. The Morgan fingerprint density at radius 1 is 1.52 bits per heavy atom. The van der Waals surface area contributed by atoms with E-state index in [1.54, 1.807) is 6.07 Å². The van der Waals surface area contributed by atoms with Crippen LogP contribution in [0.25, 0.3) is 0 Å². The van der Waals surface area contributed by atoms with Gasteiger partial charge in [0.25, 0.3) is 0 Å². The summed E-state index contributed by atoms with van der Waals surface area (Å²) in [6, 6.07) is 5.99. The van der Waals surface area contributed by atoms with Crippen molar-refractivity contribution in [3.05, 3.63) is 35.6 Å². The Morgan fingerprint density at radius 3 is 2.95 bits per heavy atom. The van der Waals surface area contributed by atoms with Crippen LogP contribution < -0.4 is 10.6 Å². The molecule has 0 aromatic heterocycles. The summed E-state index contributed by atoms with van der Waals surface area (Å²) in [6.45, 7) is 5.12. The highest BCUT2D eigenvalue weighted by atomic mass is 19.1. The summed E-state index contributed by atoms with van der Waals surface area (Å²) in [7, 11) is 0. The van der Waals surface area contributed by atoms with Gasteiger partial charge in [0, 0.05) is 12.1 Å². The second-order valence-corrected chi connectivity index (χ2v) is 5.88. The molecule has 2 rings (SSSR count). The third-order valence-corrected chi connectivity index (χ3v) is 4.16. The van der Waals surface area contributed by atoms with Crippen molar-refractivity contribution in [2.45, 2.75) is 44.9 Å². The lowest BCUT2D eigenvalue weighted by Gasteiger charge is -2.36. The monoisotopic (exact) mass is 294 g/mol. The Bertz CT molecular complexity index is 485. The van der Waals surface area contributed by atoms with Crippen molar-refractivity contribution in [2.75, 3.05) is 6.54 Å². The van der Waals surface area contributed by atoms with Gasteiger partial charge in [-0.05, 0) is 43.5 Å². The molecule has 1 heterocycles. The summed E-state index contributed by atoms with van der Waals surface area (Å²) in [5.41, 5.74) is 0.424. The maximum absolute atomic E-state index is 13.1. The van der Waals surface area contributed by atoms with Crippen LogP contribution in [0.4, 0.5) is 4.39 Å². The molecule has 0 spiro atoms. The van der Waals surface area contributed by atoms with Crippen LogP contribution in [0.3, 0.4) is 0 Å². The number of amides is 1. The number of carbonyl (C=O) groups is 1. The summed E-state index contributed by atoms with van der Waals surface area (Å²) in [5.74, 6) is -0.221. The van der Waals surface area contributed by atoms with E-state index in [0.29, 0.717) is 11.5 Å². The summed E-state index contributed by atoms with van der Waals surface area (Å²) < 4.78 is 13.1. The molecule has 3 N–H and O–H groups in total. The molecule has 0 unspecified atom stereocenters. The van der Waals surface area contributed by atoms with Gasteiger partial charge < -0.3 is 15.7 Å². The molecule has 0 bridgehead atoms. The first-order valence-corrected chi connectivity index (χ1v) is 7.43. The Balaban J connectivity index is 1.92.